The van der Waals surface area contributed by atoms with Gasteiger partial charge >= 0.3 is 0 Å². The third-order valence-corrected chi connectivity index (χ3v) is 6.67. The number of benzene rings is 1. The second-order valence-electron chi connectivity index (χ2n) is 7.43. The van der Waals surface area contributed by atoms with E-state index >= 15 is 0 Å². The molecule has 0 radical (unpaired) electrons. The third-order valence-electron chi connectivity index (χ3n) is 5.29. The van der Waals surface area contributed by atoms with Gasteiger partial charge in [-0.05, 0) is 74.6 Å². The molecule has 0 bridgehead atoms. The van der Waals surface area contributed by atoms with Crippen LogP contribution in [0, 0.1) is 4.77 Å². The smallest absolute Gasteiger partial charge is 0.199 e. The molecule has 3 heterocycles. The summed E-state index contributed by atoms with van der Waals surface area (Å²) in [6, 6.07) is 13.1. The molecule has 1 aliphatic rings. The van der Waals surface area contributed by atoms with Gasteiger partial charge < -0.3 is 4.74 Å². The van der Waals surface area contributed by atoms with Gasteiger partial charge in [-0.25, -0.2) is 4.68 Å². The van der Waals surface area contributed by atoms with Crippen LogP contribution < -0.4 is 4.74 Å². The van der Waals surface area contributed by atoms with Gasteiger partial charge in [0.05, 0.1) is 13.8 Å². The van der Waals surface area contributed by atoms with Crippen LogP contribution in [-0.2, 0) is 6.67 Å². The van der Waals surface area contributed by atoms with E-state index in [0.29, 0.717) is 6.04 Å². The maximum Gasteiger partial charge on any atom is 0.199 e. The number of methoxy groups -OCH3 is 1. The van der Waals surface area contributed by atoms with Crippen LogP contribution in [0.15, 0.2) is 41.8 Å². The van der Waals surface area contributed by atoms with Gasteiger partial charge in [-0.3, -0.25) is 9.47 Å². The summed E-state index contributed by atoms with van der Waals surface area (Å²) in [6.07, 6.45) is 2.41. The minimum Gasteiger partial charge on any atom is -0.497 e. The van der Waals surface area contributed by atoms with Crippen molar-refractivity contribution in [3.63, 3.8) is 0 Å². The fourth-order valence-electron chi connectivity index (χ4n) is 3.89. The summed E-state index contributed by atoms with van der Waals surface area (Å²) in [4.78, 5) is 3.93. The normalized spacial score (nSPS) is 17.5. The minimum atomic E-state index is 0.241. The first-order chi connectivity index (χ1) is 13.6. The molecule has 1 aliphatic heterocycles. The van der Waals surface area contributed by atoms with E-state index in [1.54, 1.807) is 7.11 Å². The number of thiophene rings is 1. The summed E-state index contributed by atoms with van der Waals surface area (Å²) in [5.41, 5.74) is 1.05. The zero-order valence-corrected chi connectivity index (χ0v) is 18.2. The summed E-state index contributed by atoms with van der Waals surface area (Å²) in [7, 11) is 1.68. The summed E-state index contributed by atoms with van der Waals surface area (Å²) < 4.78 is 10.2. The summed E-state index contributed by atoms with van der Waals surface area (Å²) in [6.45, 7) is 6.11. The van der Waals surface area contributed by atoms with Gasteiger partial charge in [0.25, 0.3) is 0 Å². The number of likely N-dealkylation sites (tertiary alicyclic amines) is 1. The molecule has 1 atom stereocenters. The molecule has 0 saturated carbocycles. The number of nitrogens with zero attached hydrogens (tertiary/aromatic N) is 4. The highest BCUT2D eigenvalue weighted by molar-refractivity contribution is 7.71. The fourth-order valence-corrected chi connectivity index (χ4v) is 5.18. The molecule has 4 rings (SSSR count). The SMILES string of the molecule is COc1ccc(-c2nn(CN3CCC[C@H]3c3cccs3)c(=S)n2C(C)C)cc1. The van der Waals surface area contributed by atoms with Crippen LogP contribution in [0.25, 0.3) is 11.4 Å². The van der Waals surface area contributed by atoms with E-state index in [4.69, 9.17) is 22.1 Å². The average Bonchev–Trinajstić information content (AvgIpc) is 3.43. The van der Waals surface area contributed by atoms with Gasteiger partial charge in [-0.1, -0.05) is 6.07 Å². The lowest BCUT2D eigenvalue weighted by atomic mass is 10.2. The van der Waals surface area contributed by atoms with Crippen molar-refractivity contribution in [2.75, 3.05) is 13.7 Å². The van der Waals surface area contributed by atoms with Crippen LogP contribution in [0.2, 0.25) is 0 Å². The van der Waals surface area contributed by atoms with Gasteiger partial charge in [0.15, 0.2) is 10.6 Å². The molecular formula is C21H26N4OS2. The molecule has 0 aliphatic carbocycles. The van der Waals surface area contributed by atoms with Crippen molar-refractivity contribution in [3.05, 3.63) is 51.4 Å². The van der Waals surface area contributed by atoms with E-state index in [-0.39, 0.29) is 6.04 Å². The molecule has 28 heavy (non-hydrogen) atoms. The Morgan fingerprint density at radius 1 is 1.25 bits per heavy atom. The molecular weight excluding hydrogens is 388 g/mol. The van der Waals surface area contributed by atoms with Crippen LogP contribution >= 0.6 is 23.6 Å². The molecule has 1 fully saturated rings. The number of aromatic nitrogens is 3. The maximum atomic E-state index is 5.83. The Hall–Kier alpha value is -1.96. The molecule has 0 spiro atoms. The van der Waals surface area contributed by atoms with E-state index in [0.717, 1.165) is 35.1 Å². The Morgan fingerprint density at radius 2 is 2.04 bits per heavy atom. The fraction of sp³-hybridized carbons (Fsp3) is 0.429. The molecule has 3 aromatic rings. The van der Waals surface area contributed by atoms with Gasteiger partial charge in [0, 0.05) is 29.1 Å². The van der Waals surface area contributed by atoms with E-state index in [9.17, 15) is 0 Å². The molecule has 2 aromatic heterocycles. The first kappa shape index (κ1) is 19.4. The Morgan fingerprint density at radius 3 is 2.68 bits per heavy atom. The minimum absolute atomic E-state index is 0.241. The highest BCUT2D eigenvalue weighted by Crippen LogP contribution is 2.35. The second kappa shape index (κ2) is 8.19. The van der Waals surface area contributed by atoms with Gasteiger partial charge in [-0.15, -0.1) is 11.3 Å². The zero-order valence-electron chi connectivity index (χ0n) is 16.5. The largest absolute Gasteiger partial charge is 0.497 e. The average molecular weight is 415 g/mol. The van der Waals surface area contributed by atoms with Crippen molar-refractivity contribution < 1.29 is 4.74 Å². The maximum absolute atomic E-state index is 5.83. The lowest BCUT2D eigenvalue weighted by Crippen LogP contribution is -2.26. The van der Waals surface area contributed by atoms with Crippen molar-refractivity contribution in [1.29, 1.82) is 0 Å². The van der Waals surface area contributed by atoms with Crippen LogP contribution in [0.1, 0.15) is 43.6 Å². The van der Waals surface area contributed by atoms with Gasteiger partial charge in [0.2, 0.25) is 0 Å². The Balaban J connectivity index is 1.67. The van der Waals surface area contributed by atoms with E-state index < -0.39 is 0 Å². The number of hydrogen-bond acceptors (Lipinski definition) is 5. The predicted octanol–water partition coefficient (Wildman–Crippen LogP) is 5.53. The van der Waals surface area contributed by atoms with Crippen LogP contribution in [0.3, 0.4) is 0 Å². The summed E-state index contributed by atoms with van der Waals surface area (Å²) >= 11 is 7.66. The molecule has 7 heteroatoms. The lowest BCUT2D eigenvalue weighted by Gasteiger charge is -2.23. The van der Waals surface area contributed by atoms with E-state index in [1.165, 1.54) is 17.7 Å². The number of ether oxygens (including phenoxy) is 1. The summed E-state index contributed by atoms with van der Waals surface area (Å²) in [5.74, 6) is 1.75. The van der Waals surface area contributed by atoms with Crippen molar-refractivity contribution in [1.82, 2.24) is 19.2 Å². The molecule has 5 nitrogen and oxygen atoms in total. The summed E-state index contributed by atoms with van der Waals surface area (Å²) in [5, 5.41) is 7.09. The number of hydrogen-bond donors (Lipinski definition) is 0. The standard InChI is InChI=1S/C21H26N4OS2/c1-15(2)25-20(16-8-10-17(26-3)11-9-16)22-24(21(25)27)14-23-12-4-6-18(23)19-7-5-13-28-19/h5,7-11,13,15,18H,4,6,12,14H2,1-3H3/t18-/m0/s1. The van der Waals surface area contributed by atoms with Crippen molar-refractivity contribution in [2.45, 2.75) is 45.4 Å². The van der Waals surface area contributed by atoms with Crippen LogP contribution in [0.4, 0.5) is 0 Å². The molecule has 0 amide bonds. The van der Waals surface area contributed by atoms with Crippen LogP contribution in [0.5, 0.6) is 5.75 Å². The van der Waals surface area contributed by atoms with Gasteiger partial charge in [0.1, 0.15) is 5.75 Å². The van der Waals surface area contributed by atoms with Gasteiger partial charge in [-0.2, -0.15) is 5.10 Å². The molecule has 0 unspecified atom stereocenters. The van der Waals surface area contributed by atoms with Crippen LogP contribution in [-0.4, -0.2) is 32.9 Å². The molecule has 1 saturated heterocycles. The zero-order chi connectivity index (χ0) is 19.7. The molecule has 148 valence electrons. The Kier molecular flexibility index (Phi) is 5.66. The Labute approximate surface area is 175 Å². The third kappa shape index (κ3) is 3.66. The first-order valence-electron chi connectivity index (χ1n) is 9.69. The second-order valence-corrected chi connectivity index (χ2v) is 8.77. The monoisotopic (exact) mass is 414 g/mol. The molecule has 1 aromatic carbocycles. The quantitative estimate of drug-likeness (QED) is 0.497. The molecule has 0 N–H and O–H groups in total. The number of rotatable bonds is 6. The topological polar surface area (TPSA) is 35.2 Å². The van der Waals surface area contributed by atoms with E-state index in [2.05, 4.69) is 40.8 Å². The predicted molar refractivity (Wildman–Crippen MR) is 116 cm³/mol. The highest BCUT2D eigenvalue weighted by atomic mass is 32.1. The first-order valence-corrected chi connectivity index (χ1v) is 11.0. The highest BCUT2D eigenvalue weighted by Gasteiger charge is 2.28. The van der Waals surface area contributed by atoms with Crippen molar-refractivity contribution in [3.8, 4) is 17.1 Å². The van der Waals surface area contributed by atoms with Crippen molar-refractivity contribution in [2.24, 2.45) is 0 Å². The van der Waals surface area contributed by atoms with E-state index in [1.807, 2.05) is 40.3 Å². The lowest BCUT2D eigenvalue weighted by molar-refractivity contribution is 0.192. The van der Waals surface area contributed by atoms with Crippen molar-refractivity contribution >= 4 is 23.6 Å². The Bertz CT molecular complexity index is 973.